The highest BCUT2D eigenvalue weighted by molar-refractivity contribution is 6.33. The van der Waals surface area contributed by atoms with Gasteiger partial charge in [-0.05, 0) is 37.0 Å². The molecule has 2 aliphatic rings. The zero-order valence-electron chi connectivity index (χ0n) is 23.9. The van der Waals surface area contributed by atoms with E-state index in [0.717, 1.165) is 46.4 Å². The maximum Gasteiger partial charge on any atom is 0.331 e. The number of para-hydroxylation sites is 1. The maximum atomic E-state index is 14.3. The average molecular weight is 609 g/mol. The van der Waals surface area contributed by atoms with Crippen LogP contribution in [0.2, 0.25) is 5.02 Å². The van der Waals surface area contributed by atoms with Crippen LogP contribution in [0.25, 0.3) is 11.1 Å². The first-order chi connectivity index (χ1) is 20.6. The van der Waals surface area contributed by atoms with Crippen LogP contribution in [0.3, 0.4) is 0 Å². The number of hydrogen-bond acceptors (Lipinski definition) is 6. The van der Waals surface area contributed by atoms with Crippen LogP contribution in [0.5, 0.6) is 0 Å². The quantitative estimate of drug-likeness (QED) is 0.427. The zero-order valence-corrected chi connectivity index (χ0v) is 24.7. The van der Waals surface area contributed by atoms with Gasteiger partial charge in [-0.1, -0.05) is 48.5 Å². The van der Waals surface area contributed by atoms with E-state index in [2.05, 4.69) is 28.2 Å². The number of anilines is 1. The van der Waals surface area contributed by atoms with E-state index in [-0.39, 0.29) is 53.6 Å². The molecule has 226 valence electrons. The van der Waals surface area contributed by atoms with Gasteiger partial charge >= 0.3 is 5.69 Å². The maximum absolute atomic E-state index is 14.3. The van der Waals surface area contributed by atoms with E-state index in [9.17, 15) is 23.6 Å². The van der Waals surface area contributed by atoms with Crippen molar-refractivity contribution >= 4 is 29.1 Å². The minimum atomic E-state index is -0.716. The number of halogens is 2. The van der Waals surface area contributed by atoms with Gasteiger partial charge in [-0.2, -0.15) is 0 Å². The lowest BCUT2D eigenvalue weighted by molar-refractivity contribution is -0.133. The molecular formula is C31H34ClFN6O4. The van der Waals surface area contributed by atoms with E-state index < -0.39 is 17.1 Å². The van der Waals surface area contributed by atoms with Gasteiger partial charge in [0.2, 0.25) is 11.8 Å². The average Bonchev–Trinajstić information content (AvgIpc) is 3.15. The van der Waals surface area contributed by atoms with Gasteiger partial charge in [0.15, 0.2) is 0 Å². The number of nitrogens with zero attached hydrogens (tertiary/aromatic N) is 4. The van der Waals surface area contributed by atoms with Crippen LogP contribution in [-0.4, -0.2) is 63.0 Å². The Kier molecular flexibility index (Phi) is 9.00. The van der Waals surface area contributed by atoms with E-state index in [4.69, 9.17) is 11.6 Å². The topological polar surface area (TPSA) is 109 Å². The summed E-state index contributed by atoms with van der Waals surface area (Å²) in [5.41, 5.74) is 0.982. The van der Waals surface area contributed by atoms with E-state index >= 15 is 0 Å². The molecule has 10 nitrogen and oxygen atoms in total. The molecule has 0 atom stereocenters. The van der Waals surface area contributed by atoms with E-state index in [0.29, 0.717) is 13.1 Å². The van der Waals surface area contributed by atoms with Crippen molar-refractivity contribution in [2.24, 2.45) is 0 Å². The summed E-state index contributed by atoms with van der Waals surface area (Å²) < 4.78 is 16.4. The van der Waals surface area contributed by atoms with Crippen molar-refractivity contribution in [2.75, 3.05) is 31.5 Å². The predicted molar refractivity (Wildman–Crippen MR) is 163 cm³/mol. The third-order valence-corrected chi connectivity index (χ3v) is 8.40. The molecule has 0 unspecified atom stereocenters. The summed E-state index contributed by atoms with van der Waals surface area (Å²) in [5, 5.41) is 5.72. The van der Waals surface area contributed by atoms with Gasteiger partial charge in [0.05, 0.1) is 16.4 Å². The lowest BCUT2D eigenvalue weighted by atomic mass is 10.0. The fraction of sp³-hybridized carbons (Fsp3) is 0.355. The Morgan fingerprint density at radius 1 is 1.07 bits per heavy atom. The molecule has 2 aliphatic heterocycles. The second kappa shape index (κ2) is 12.9. The van der Waals surface area contributed by atoms with Gasteiger partial charge < -0.3 is 20.4 Å². The minimum Gasteiger partial charge on any atom is -0.355 e. The summed E-state index contributed by atoms with van der Waals surface area (Å²) in [6, 6.07) is 12.4. The molecule has 2 N–H and O–H groups in total. The Balaban J connectivity index is 1.32. The van der Waals surface area contributed by atoms with Crippen molar-refractivity contribution in [3.8, 4) is 11.1 Å². The second-order valence-corrected chi connectivity index (χ2v) is 11.2. The number of piperidine rings is 1. The number of carbonyl (C=O) groups excluding carboxylic acids is 2. The van der Waals surface area contributed by atoms with Crippen LogP contribution in [0.4, 0.5) is 10.1 Å². The van der Waals surface area contributed by atoms with Gasteiger partial charge in [0, 0.05) is 63.1 Å². The van der Waals surface area contributed by atoms with Gasteiger partial charge in [-0.3, -0.25) is 23.5 Å². The molecular weight excluding hydrogens is 575 g/mol. The predicted octanol–water partition coefficient (Wildman–Crippen LogP) is 3.04. The number of fused-ring (bicyclic) bond motifs is 1. The normalized spacial score (nSPS) is 15.5. The summed E-state index contributed by atoms with van der Waals surface area (Å²) in [6.07, 6.45) is 3.62. The molecule has 43 heavy (non-hydrogen) atoms. The van der Waals surface area contributed by atoms with E-state index in [1.807, 2.05) is 18.2 Å². The highest BCUT2D eigenvalue weighted by atomic mass is 35.5. The number of benzene rings is 2. The molecule has 1 fully saturated rings. The molecule has 5 rings (SSSR count). The fourth-order valence-electron chi connectivity index (χ4n) is 5.74. The summed E-state index contributed by atoms with van der Waals surface area (Å²) in [5.74, 6) is -0.470. The third kappa shape index (κ3) is 6.51. The number of aromatic nitrogens is 2. The van der Waals surface area contributed by atoms with Crippen molar-refractivity contribution in [3.05, 3.63) is 98.3 Å². The Bertz CT molecular complexity index is 1680. The van der Waals surface area contributed by atoms with Crippen molar-refractivity contribution in [1.29, 1.82) is 0 Å². The van der Waals surface area contributed by atoms with Crippen LogP contribution in [-0.2, 0) is 29.1 Å². The van der Waals surface area contributed by atoms with E-state index in [1.165, 1.54) is 36.9 Å². The smallest absolute Gasteiger partial charge is 0.331 e. The Morgan fingerprint density at radius 2 is 1.81 bits per heavy atom. The number of hydrogen-bond donors (Lipinski definition) is 2. The van der Waals surface area contributed by atoms with Gasteiger partial charge in [-0.15, -0.1) is 0 Å². The molecule has 12 heteroatoms. The van der Waals surface area contributed by atoms with Crippen LogP contribution >= 0.6 is 11.6 Å². The van der Waals surface area contributed by atoms with Crippen LogP contribution in [0, 0.1) is 5.82 Å². The Hall–Kier alpha value is -4.38. The standard InChI is InChI=1S/C31H34ClFN6O4/c1-20-35-27-9-4-3-6-22(27)10-16-38(20)23-11-14-36(15-12-23)28(41)19-37-18-25(24-7-5-8-26(33)29(24)32)30(42)39(31(37)43)17-13-34-21(2)40/h3-9,18,23,35H,1,10-17,19H2,2H3,(H,34,40). The summed E-state index contributed by atoms with van der Waals surface area (Å²) in [4.78, 5) is 55.5. The lowest BCUT2D eigenvalue weighted by Crippen LogP contribution is -2.49. The first-order valence-electron chi connectivity index (χ1n) is 14.3. The molecule has 0 saturated carbocycles. The molecule has 0 aliphatic carbocycles. The molecule has 0 radical (unpaired) electrons. The van der Waals surface area contributed by atoms with Gasteiger partial charge in [0.1, 0.15) is 12.4 Å². The molecule has 1 aromatic heterocycles. The summed E-state index contributed by atoms with van der Waals surface area (Å²) in [6.45, 7) is 6.98. The first-order valence-corrected chi connectivity index (χ1v) is 14.6. The van der Waals surface area contributed by atoms with Crippen LogP contribution < -0.4 is 21.9 Å². The fourth-order valence-corrected chi connectivity index (χ4v) is 5.97. The molecule has 3 aromatic rings. The molecule has 2 amide bonds. The van der Waals surface area contributed by atoms with Crippen molar-refractivity contribution < 1.29 is 14.0 Å². The highest BCUT2D eigenvalue weighted by Crippen LogP contribution is 2.29. The molecule has 0 bridgehead atoms. The third-order valence-electron chi connectivity index (χ3n) is 8.02. The molecule has 3 heterocycles. The number of carbonyl (C=O) groups is 2. The number of amides is 2. The van der Waals surface area contributed by atoms with Gasteiger partial charge in [-0.25, -0.2) is 9.18 Å². The summed E-state index contributed by atoms with van der Waals surface area (Å²) in [7, 11) is 0. The lowest BCUT2D eigenvalue weighted by Gasteiger charge is -2.40. The van der Waals surface area contributed by atoms with Crippen LogP contribution in [0.15, 0.2) is 70.7 Å². The minimum absolute atomic E-state index is 0.0217. The number of rotatable bonds is 7. The van der Waals surface area contributed by atoms with Gasteiger partial charge in [0.25, 0.3) is 5.56 Å². The largest absolute Gasteiger partial charge is 0.355 e. The monoisotopic (exact) mass is 608 g/mol. The Labute approximate surface area is 253 Å². The number of nitrogens with one attached hydrogen (secondary N) is 2. The zero-order chi connectivity index (χ0) is 30.7. The molecule has 0 spiro atoms. The van der Waals surface area contributed by atoms with Crippen molar-refractivity contribution in [1.82, 2.24) is 24.3 Å². The van der Waals surface area contributed by atoms with Crippen molar-refractivity contribution in [3.63, 3.8) is 0 Å². The molecule has 1 saturated heterocycles. The van der Waals surface area contributed by atoms with Crippen LogP contribution in [0.1, 0.15) is 25.3 Å². The Morgan fingerprint density at radius 3 is 2.56 bits per heavy atom. The highest BCUT2D eigenvalue weighted by Gasteiger charge is 2.29. The van der Waals surface area contributed by atoms with Crippen molar-refractivity contribution in [2.45, 2.75) is 45.3 Å². The molecule has 2 aromatic carbocycles. The summed E-state index contributed by atoms with van der Waals surface area (Å²) >= 11 is 6.18. The van der Waals surface area contributed by atoms with E-state index in [1.54, 1.807) is 4.90 Å². The number of likely N-dealkylation sites (tertiary alicyclic amines) is 1. The first kappa shape index (κ1) is 30.1. The SMILES string of the molecule is C=C1Nc2ccccc2CCN1C1CCN(C(=O)Cn2cc(-c3cccc(F)c3Cl)c(=O)n(CCNC(C)=O)c2=O)CC1. The second-order valence-electron chi connectivity index (χ2n) is 10.8.